The molecule has 2 aromatic rings. The van der Waals surface area contributed by atoms with Gasteiger partial charge in [0.1, 0.15) is 0 Å². The summed E-state index contributed by atoms with van der Waals surface area (Å²) in [5.74, 6) is 0. The van der Waals surface area contributed by atoms with E-state index in [-0.39, 0.29) is 12.6 Å². The second kappa shape index (κ2) is 6.64. The fraction of sp³-hybridized carbons (Fsp3) is 0.357. The van der Waals surface area contributed by atoms with E-state index in [1.165, 1.54) is 10.4 Å². The van der Waals surface area contributed by atoms with Crippen molar-refractivity contribution in [3.8, 4) is 0 Å². The summed E-state index contributed by atoms with van der Waals surface area (Å²) >= 11 is 1.62. The van der Waals surface area contributed by atoms with Gasteiger partial charge in [0.15, 0.2) is 0 Å². The Morgan fingerprint density at radius 2 is 2.11 bits per heavy atom. The number of rotatable bonds is 6. The van der Waals surface area contributed by atoms with Crippen LogP contribution in [0.2, 0.25) is 0 Å². The first kappa shape index (κ1) is 13.2. The molecule has 96 valence electrons. The van der Waals surface area contributed by atoms with Crippen molar-refractivity contribution in [2.75, 3.05) is 6.61 Å². The maximum Gasteiger partial charge on any atom is 0.0794 e. The van der Waals surface area contributed by atoms with Gasteiger partial charge in [-0.3, -0.25) is 4.98 Å². The summed E-state index contributed by atoms with van der Waals surface area (Å²) in [6.45, 7) is 2.98. The molecule has 2 N–H and O–H groups in total. The molecule has 0 saturated carbocycles. The molecule has 0 aliphatic heterocycles. The number of aryl methyl sites for hydroxylation is 1. The molecule has 0 bridgehead atoms. The van der Waals surface area contributed by atoms with Gasteiger partial charge in [0.25, 0.3) is 0 Å². The third-order valence-corrected chi connectivity index (χ3v) is 3.76. The Balaban J connectivity index is 1.98. The third-order valence-electron chi connectivity index (χ3n) is 2.98. The number of aromatic nitrogens is 1. The van der Waals surface area contributed by atoms with Gasteiger partial charge >= 0.3 is 0 Å². The molecule has 1 unspecified atom stereocenters. The Labute approximate surface area is 112 Å². The quantitative estimate of drug-likeness (QED) is 0.841. The highest BCUT2D eigenvalue weighted by molar-refractivity contribution is 7.09. The predicted molar refractivity (Wildman–Crippen MR) is 74.6 cm³/mol. The van der Waals surface area contributed by atoms with Crippen LogP contribution in [0.25, 0.3) is 0 Å². The number of hydrogen-bond donors (Lipinski definition) is 2. The zero-order chi connectivity index (χ0) is 12.8. The first-order valence-electron chi connectivity index (χ1n) is 6.14. The highest BCUT2D eigenvalue weighted by Crippen LogP contribution is 2.15. The third kappa shape index (κ3) is 3.38. The van der Waals surface area contributed by atoms with Crippen LogP contribution in [0.15, 0.2) is 36.0 Å². The number of thiazole rings is 1. The molecule has 0 radical (unpaired) electrons. The average molecular weight is 262 g/mol. The lowest BCUT2D eigenvalue weighted by Crippen LogP contribution is -2.23. The van der Waals surface area contributed by atoms with Gasteiger partial charge in [0.2, 0.25) is 0 Å². The van der Waals surface area contributed by atoms with Crippen LogP contribution in [-0.4, -0.2) is 16.7 Å². The molecule has 0 fully saturated rings. The summed E-state index contributed by atoms with van der Waals surface area (Å²) in [6.07, 6.45) is 2.89. The number of aliphatic hydroxyl groups is 1. The molecule has 0 saturated heterocycles. The summed E-state index contributed by atoms with van der Waals surface area (Å²) in [7, 11) is 0. The van der Waals surface area contributed by atoms with E-state index in [1.54, 1.807) is 11.3 Å². The van der Waals surface area contributed by atoms with Gasteiger partial charge < -0.3 is 10.4 Å². The first-order valence-corrected chi connectivity index (χ1v) is 7.02. The zero-order valence-electron chi connectivity index (χ0n) is 10.5. The number of nitrogens with one attached hydrogen (secondary N) is 1. The van der Waals surface area contributed by atoms with Gasteiger partial charge in [0, 0.05) is 17.6 Å². The van der Waals surface area contributed by atoms with E-state index in [9.17, 15) is 5.11 Å². The van der Waals surface area contributed by atoms with Crippen LogP contribution in [0.4, 0.5) is 0 Å². The van der Waals surface area contributed by atoms with Gasteiger partial charge in [0.05, 0.1) is 18.2 Å². The molecule has 0 amide bonds. The number of aliphatic hydroxyl groups excluding tert-OH is 1. The minimum atomic E-state index is -0.0157. The standard InChI is InChI=1S/C14H18N2OS/c1-2-11-3-5-12(6-4-11)14(9-17)16-8-13-7-15-10-18-13/h3-7,10,14,16-17H,2,8-9H2,1H3. The van der Waals surface area contributed by atoms with Crippen LogP contribution in [0.1, 0.15) is 29.0 Å². The molecule has 2 rings (SSSR count). The van der Waals surface area contributed by atoms with E-state index >= 15 is 0 Å². The minimum Gasteiger partial charge on any atom is -0.394 e. The molecule has 3 nitrogen and oxygen atoms in total. The predicted octanol–water partition coefficient (Wildman–Crippen LogP) is 2.53. The maximum atomic E-state index is 9.46. The summed E-state index contributed by atoms with van der Waals surface area (Å²) in [5.41, 5.74) is 4.26. The molecule has 1 atom stereocenters. The lowest BCUT2D eigenvalue weighted by Gasteiger charge is -2.16. The number of hydrogen-bond acceptors (Lipinski definition) is 4. The van der Waals surface area contributed by atoms with Crippen molar-refractivity contribution in [3.05, 3.63) is 52.0 Å². The fourth-order valence-corrected chi connectivity index (χ4v) is 2.37. The molecule has 18 heavy (non-hydrogen) atoms. The Bertz CT molecular complexity index is 453. The van der Waals surface area contributed by atoms with Crippen molar-refractivity contribution in [1.29, 1.82) is 0 Å². The van der Waals surface area contributed by atoms with Crippen LogP contribution in [0, 0.1) is 0 Å². The van der Waals surface area contributed by atoms with Crippen molar-refractivity contribution < 1.29 is 5.11 Å². The summed E-state index contributed by atoms with van der Waals surface area (Å²) in [5, 5.41) is 12.8. The van der Waals surface area contributed by atoms with Crippen molar-refractivity contribution in [2.24, 2.45) is 0 Å². The van der Waals surface area contributed by atoms with E-state index in [4.69, 9.17) is 0 Å². The van der Waals surface area contributed by atoms with Crippen LogP contribution >= 0.6 is 11.3 Å². The van der Waals surface area contributed by atoms with Crippen molar-refractivity contribution in [2.45, 2.75) is 25.9 Å². The first-order chi connectivity index (χ1) is 8.83. The smallest absolute Gasteiger partial charge is 0.0794 e. The second-order valence-corrected chi connectivity index (χ2v) is 5.15. The topological polar surface area (TPSA) is 45.1 Å². The Kier molecular flexibility index (Phi) is 4.87. The molecule has 0 aliphatic rings. The van der Waals surface area contributed by atoms with Gasteiger partial charge in [-0.2, -0.15) is 0 Å². The highest BCUT2D eigenvalue weighted by atomic mass is 32.1. The van der Waals surface area contributed by atoms with Gasteiger partial charge in [-0.05, 0) is 17.5 Å². The molecule has 0 spiro atoms. The van der Waals surface area contributed by atoms with E-state index in [0.29, 0.717) is 0 Å². The Morgan fingerprint density at radius 3 is 2.67 bits per heavy atom. The highest BCUT2D eigenvalue weighted by Gasteiger charge is 2.09. The summed E-state index contributed by atoms with van der Waals surface area (Å²) in [4.78, 5) is 5.22. The normalized spacial score (nSPS) is 12.6. The molecular weight excluding hydrogens is 244 g/mol. The maximum absolute atomic E-state index is 9.46. The lowest BCUT2D eigenvalue weighted by atomic mass is 10.0. The molecule has 4 heteroatoms. The monoisotopic (exact) mass is 262 g/mol. The second-order valence-electron chi connectivity index (χ2n) is 4.18. The van der Waals surface area contributed by atoms with Crippen LogP contribution in [0.5, 0.6) is 0 Å². The molecule has 1 aromatic carbocycles. The fourth-order valence-electron chi connectivity index (χ4n) is 1.83. The summed E-state index contributed by atoms with van der Waals surface area (Å²) < 4.78 is 0. The Hall–Kier alpha value is -1.23. The van der Waals surface area contributed by atoms with Gasteiger partial charge in [-0.25, -0.2) is 0 Å². The average Bonchev–Trinajstić information content (AvgIpc) is 2.93. The number of nitrogens with zero attached hydrogens (tertiary/aromatic N) is 1. The molecule has 0 aliphatic carbocycles. The molecule has 1 aromatic heterocycles. The molecule has 1 heterocycles. The SMILES string of the molecule is CCc1ccc(C(CO)NCc2cncs2)cc1. The minimum absolute atomic E-state index is 0.0157. The summed E-state index contributed by atoms with van der Waals surface area (Å²) in [6, 6.07) is 8.38. The van der Waals surface area contributed by atoms with E-state index in [0.717, 1.165) is 18.5 Å². The Morgan fingerprint density at radius 1 is 1.33 bits per heavy atom. The van der Waals surface area contributed by atoms with E-state index < -0.39 is 0 Å². The van der Waals surface area contributed by atoms with Crippen LogP contribution in [0.3, 0.4) is 0 Å². The molecular formula is C14H18N2OS. The van der Waals surface area contributed by atoms with Crippen LogP contribution < -0.4 is 5.32 Å². The van der Waals surface area contributed by atoms with Crippen molar-refractivity contribution in [1.82, 2.24) is 10.3 Å². The van der Waals surface area contributed by atoms with Crippen molar-refractivity contribution in [3.63, 3.8) is 0 Å². The zero-order valence-corrected chi connectivity index (χ0v) is 11.3. The number of benzene rings is 1. The van der Waals surface area contributed by atoms with Crippen molar-refractivity contribution >= 4 is 11.3 Å². The van der Waals surface area contributed by atoms with Gasteiger partial charge in [-0.15, -0.1) is 11.3 Å². The van der Waals surface area contributed by atoms with E-state index in [1.807, 2.05) is 11.7 Å². The van der Waals surface area contributed by atoms with Crippen LogP contribution in [-0.2, 0) is 13.0 Å². The largest absolute Gasteiger partial charge is 0.394 e. The lowest BCUT2D eigenvalue weighted by molar-refractivity contribution is 0.244. The van der Waals surface area contributed by atoms with Gasteiger partial charge in [-0.1, -0.05) is 31.2 Å². The van der Waals surface area contributed by atoms with E-state index in [2.05, 4.69) is 41.5 Å².